The van der Waals surface area contributed by atoms with E-state index in [1.54, 1.807) is 0 Å². The number of carbonyl (C=O) groups excluding carboxylic acids is 1. The number of benzene rings is 1. The number of β-amino-alcohol motifs (C(OH)–C–C–N with tert-alkyl or cyclic N) is 1. The average Bonchev–Trinajstić information content (AvgIpc) is 3.15. The van der Waals surface area contributed by atoms with Crippen LogP contribution in [0.1, 0.15) is 36.1 Å². The van der Waals surface area contributed by atoms with Crippen LogP contribution in [-0.2, 0) is 6.54 Å². The van der Waals surface area contributed by atoms with E-state index >= 15 is 0 Å². The summed E-state index contributed by atoms with van der Waals surface area (Å²) in [5.41, 5.74) is 0.536. The Morgan fingerprint density at radius 2 is 2.07 bits per heavy atom. The van der Waals surface area contributed by atoms with E-state index in [2.05, 4.69) is 27.0 Å². The van der Waals surface area contributed by atoms with Crippen LogP contribution in [0.4, 0.5) is 10.1 Å². The molecule has 29 heavy (non-hydrogen) atoms. The number of halogens is 2. The molecule has 0 radical (unpaired) electrons. The lowest BCUT2D eigenvalue weighted by Gasteiger charge is -2.34. The summed E-state index contributed by atoms with van der Waals surface area (Å²) in [5.74, 6) is -0.530. The van der Waals surface area contributed by atoms with Gasteiger partial charge in [0.2, 0.25) is 5.89 Å². The molecule has 0 saturated carbocycles. The number of carbonyl (C=O) groups is 1. The van der Waals surface area contributed by atoms with Gasteiger partial charge in [0, 0.05) is 38.4 Å². The van der Waals surface area contributed by atoms with Crippen molar-refractivity contribution in [3.63, 3.8) is 0 Å². The van der Waals surface area contributed by atoms with Crippen molar-refractivity contribution in [3.05, 3.63) is 46.9 Å². The first-order valence-electron chi connectivity index (χ1n) is 9.78. The van der Waals surface area contributed by atoms with Gasteiger partial charge < -0.3 is 14.8 Å². The van der Waals surface area contributed by atoms with Crippen molar-refractivity contribution in [1.82, 2.24) is 14.8 Å². The molecule has 1 aromatic heterocycles. The maximum atomic E-state index is 13.2. The molecule has 1 aliphatic heterocycles. The highest BCUT2D eigenvalue weighted by Gasteiger charge is 2.21. The van der Waals surface area contributed by atoms with Crippen LogP contribution in [0.25, 0.3) is 0 Å². The second-order valence-corrected chi connectivity index (χ2v) is 7.64. The van der Waals surface area contributed by atoms with Crippen molar-refractivity contribution in [2.75, 3.05) is 38.0 Å². The van der Waals surface area contributed by atoms with E-state index in [0.717, 1.165) is 39.0 Å². The largest absolute Gasteiger partial charge is 0.447 e. The molecule has 1 saturated heterocycles. The van der Waals surface area contributed by atoms with E-state index in [4.69, 9.17) is 16.0 Å². The molecule has 0 aliphatic carbocycles. The lowest BCUT2D eigenvalue weighted by molar-refractivity contribution is 0.0634. The highest BCUT2D eigenvalue weighted by atomic mass is 35.5. The van der Waals surface area contributed by atoms with Crippen molar-refractivity contribution < 1.29 is 18.7 Å². The van der Waals surface area contributed by atoms with Crippen LogP contribution < -0.4 is 5.32 Å². The third-order valence-electron chi connectivity index (χ3n) is 4.88. The Balaban J connectivity index is 1.48. The predicted molar refractivity (Wildman–Crippen MR) is 108 cm³/mol. The summed E-state index contributed by atoms with van der Waals surface area (Å²) in [4.78, 5) is 21.0. The number of piperazine rings is 1. The Bertz CT molecular complexity index is 824. The van der Waals surface area contributed by atoms with Gasteiger partial charge in [-0.05, 0) is 24.6 Å². The van der Waals surface area contributed by atoms with Gasteiger partial charge in [0.15, 0.2) is 5.69 Å². The standard InChI is InChI=1S/C20H26ClFN4O3/c1-2-3-15(27)11-25-6-8-26(9-7-25)12-19-24-18(13-29-19)20(28)23-14-4-5-17(22)16(21)10-14/h4-5,10,13,15,27H,2-3,6-9,11-12H2,1H3,(H,23,28)/t15-/m1/s1. The van der Waals surface area contributed by atoms with Gasteiger partial charge in [-0.25, -0.2) is 9.37 Å². The SMILES string of the molecule is CCC[C@@H](O)CN1CCN(Cc2nc(C(=O)Nc3ccc(F)c(Cl)c3)co2)CC1. The number of hydrogen-bond acceptors (Lipinski definition) is 6. The van der Waals surface area contributed by atoms with Crippen LogP contribution in [0.3, 0.4) is 0 Å². The number of anilines is 1. The lowest BCUT2D eigenvalue weighted by Crippen LogP contribution is -2.48. The van der Waals surface area contributed by atoms with E-state index in [1.165, 1.54) is 24.5 Å². The van der Waals surface area contributed by atoms with E-state index in [-0.39, 0.29) is 16.8 Å². The monoisotopic (exact) mass is 424 g/mol. The number of nitrogens with one attached hydrogen (secondary N) is 1. The summed E-state index contributed by atoms with van der Waals surface area (Å²) < 4.78 is 18.7. The summed E-state index contributed by atoms with van der Waals surface area (Å²) in [6.45, 7) is 6.73. The van der Waals surface area contributed by atoms with Crippen LogP contribution in [0, 0.1) is 5.82 Å². The van der Waals surface area contributed by atoms with E-state index < -0.39 is 11.7 Å². The first-order chi connectivity index (χ1) is 13.9. The van der Waals surface area contributed by atoms with Crippen molar-refractivity contribution >= 4 is 23.2 Å². The summed E-state index contributed by atoms with van der Waals surface area (Å²) in [6, 6.07) is 3.96. The molecule has 9 heteroatoms. The van der Waals surface area contributed by atoms with Crippen LogP contribution >= 0.6 is 11.6 Å². The summed E-state index contributed by atoms with van der Waals surface area (Å²) in [6.07, 6.45) is 2.85. The number of rotatable bonds is 8. The molecule has 0 unspecified atom stereocenters. The topological polar surface area (TPSA) is 81.8 Å². The normalized spacial score (nSPS) is 16.7. The Morgan fingerprint density at radius 1 is 1.34 bits per heavy atom. The maximum absolute atomic E-state index is 13.2. The quantitative estimate of drug-likeness (QED) is 0.678. The highest BCUT2D eigenvalue weighted by Crippen LogP contribution is 2.20. The molecule has 1 atom stereocenters. The molecule has 3 rings (SSSR count). The van der Waals surface area contributed by atoms with Gasteiger partial charge in [-0.3, -0.25) is 14.6 Å². The van der Waals surface area contributed by atoms with E-state index in [1.807, 2.05) is 0 Å². The average molecular weight is 425 g/mol. The van der Waals surface area contributed by atoms with Crippen LogP contribution in [0.5, 0.6) is 0 Å². The molecule has 2 heterocycles. The minimum Gasteiger partial charge on any atom is -0.447 e. The van der Waals surface area contributed by atoms with Gasteiger partial charge >= 0.3 is 0 Å². The highest BCUT2D eigenvalue weighted by molar-refractivity contribution is 6.31. The smallest absolute Gasteiger partial charge is 0.277 e. The second-order valence-electron chi connectivity index (χ2n) is 7.23. The fourth-order valence-electron chi connectivity index (χ4n) is 3.30. The number of aliphatic hydroxyl groups excluding tert-OH is 1. The van der Waals surface area contributed by atoms with Gasteiger partial charge in [0.05, 0.1) is 17.7 Å². The number of hydrogen-bond donors (Lipinski definition) is 2. The van der Waals surface area contributed by atoms with Crippen molar-refractivity contribution in [3.8, 4) is 0 Å². The summed E-state index contributed by atoms with van der Waals surface area (Å²) in [5, 5.41) is 12.5. The van der Waals surface area contributed by atoms with Gasteiger partial charge in [-0.15, -0.1) is 0 Å². The first-order valence-corrected chi connectivity index (χ1v) is 10.2. The molecule has 1 fully saturated rings. The number of aromatic nitrogens is 1. The zero-order chi connectivity index (χ0) is 20.8. The molecular formula is C20H26ClFN4O3. The lowest BCUT2D eigenvalue weighted by atomic mass is 10.2. The molecule has 1 aliphatic rings. The summed E-state index contributed by atoms with van der Waals surface area (Å²) in [7, 11) is 0. The third kappa shape index (κ3) is 6.24. The zero-order valence-electron chi connectivity index (χ0n) is 16.4. The molecule has 7 nitrogen and oxygen atoms in total. The Hall–Kier alpha value is -2.00. The molecule has 1 aromatic carbocycles. The minimum atomic E-state index is -0.548. The van der Waals surface area contributed by atoms with Crippen LogP contribution in [-0.4, -0.2) is 64.6 Å². The molecular weight excluding hydrogens is 399 g/mol. The van der Waals surface area contributed by atoms with Crippen LogP contribution in [0.2, 0.25) is 5.02 Å². The minimum absolute atomic E-state index is 0.0648. The molecule has 0 spiro atoms. The predicted octanol–water partition coefficient (Wildman–Crippen LogP) is 3.00. The molecule has 2 aromatic rings. The van der Waals surface area contributed by atoms with Crippen molar-refractivity contribution in [2.45, 2.75) is 32.4 Å². The van der Waals surface area contributed by atoms with Crippen molar-refractivity contribution in [1.29, 1.82) is 0 Å². The number of oxazole rings is 1. The molecule has 158 valence electrons. The number of nitrogens with zero attached hydrogens (tertiary/aromatic N) is 3. The Morgan fingerprint density at radius 3 is 2.76 bits per heavy atom. The molecule has 1 amide bonds. The van der Waals surface area contributed by atoms with E-state index in [9.17, 15) is 14.3 Å². The van der Waals surface area contributed by atoms with Gasteiger partial charge in [0.25, 0.3) is 5.91 Å². The fraction of sp³-hybridized carbons (Fsp3) is 0.500. The van der Waals surface area contributed by atoms with Crippen LogP contribution in [0.15, 0.2) is 28.9 Å². The maximum Gasteiger partial charge on any atom is 0.277 e. The van der Waals surface area contributed by atoms with Crippen molar-refractivity contribution in [2.24, 2.45) is 0 Å². The first kappa shape index (κ1) is 21.7. The van der Waals surface area contributed by atoms with Gasteiger partial charge in [-0.2, -0.15) is 0 Å². The third-order valence-corrected chi connectivity index (χ3v) is 5.17. The van der Waals surface area contributed by atoms with Gasteiger partial charge in [-0.1, -0.05) is 24.9 Å². The Kier molecular flexibility index (Phi) is 7.60. The van der Waals surface area contributed by atoms with Gasteiger partial charge in [0.1, 0.15) is 12.1 Å². The van der Waals surface area contributed by atoms with E-state index in [0.29, 0.717) is 24.7 Å². The molecule has 0 bridgehead atoms. The second kappa shape index (κ2) is 10.2. The number of aliphatic hydroxyl groups is 1. The molecule has 2 N–H and O–H groups in total. The number of amides is 1. The zero-order valence-corrected chi connectivity index (χ0v) is 17.2. The fourth-order valence-corrected chi connectivity index (χ4v) is 3.48. The summed E-state index contributed by atoms with van der Waals surface area (Å²) >= 11 is 5.73. The Labute approximate surface area is 174 Å².